The maximum atomic E-state index is 12.6. The number of imidazole rings is 1. The van der Waals surface area contributed by atoms with E-state index >= 15 is 0 Å². The van der Waals surface area contributed by atoms with Crippen LogP contribution in [0.3, 0.4) is 0 Å². The topological polar surface area (TPSA) is 92.8 Å². The Morgan fingerprint density at radius 1 is 1.09 bits per heavy atom. The molecule has 0 spiro atoms. The molecule has 4 aromatic rings. The molecule has 8 nitrogen and oxygen atoms in total. The number of rotatable bonds is 7. The SMILES string of the molecule is CC1(C)CC(CNCc2ccc3nc(CNC(=O)c4cc(=O)n5ccccc5n4)cn3c2)C1. The first kappa shape index (κ1) is 21.3. The summed E-state index contributed by atoms with van der Waals surface area (Å²) in [6.07, 6.45) is 8.19. The molecule has 0 radical (unpaired) electrons. The van der Waals surface area contributed by atoms with Crippen molar-refractivity contribution in [3.63, 3.8) is 0 Å². The molecule has 5 rings (SSSR count). The third-order valence-corrected chi connectivity index (χ3v) is 6.24. The lowest BCUT2D eigenvalue weighted by Crippen LogP contribution is -2.38. The van der Waals surface area contributed by atoms with Gasteiger partial charge in [0, 0.05) is 31.2 Å². The number of nitrogens with one attached hydrogen (secondary N) is 2. The second kappa shape index (κ2) is 8.44. The normalized spacial score (nSPS) is 15.6. The van der Waals surface area contributed by atoms with Crippen molar-refractivity contribution in [2.75, 3.05) is 6.54 Å². The van der Waals surface area contributed by atoms with E-state index in [0.29, 0.717) is 11.1 Å². The zero-order chi connectivity index (χ0) is 23.0. The van der Waals surface area contributed by atoms with Crippen molar-refractivity contribution in [2.45, 2.75) is 39.8 Å². The molecule has 0 aromatic carbocycles. The number of nitrogens with zero attached hydrogens (tertiary/aromatic N) is 4. The van der Waals surface area contributed by atoms with Crippen molar-refractivity contribution in [2.24, 2.45) is 11.3 Å². The molecule has 170 valence electrons. The molecular formula is C25H28N6O2. The van der Waals surface area contributed by atoms with E-state index in [9.17, 15) is 9.59 Å². The van der Waals surface area contributed by atoms with Crippen LogP contribution in [0.2, 0.25) is 0 Å². The fourth-order valence-corrected chi connectivity index (χ4v) is 4.78. The lowest BCUT2D eigenvalue weighted by atomic mass is 9.64. The monoisotopic (exact) mass is 444 g/mol. The Morgan fingerprint density at radius 3 is 2.76 bits per heavy atom. The molecule has 8 heteroatoms. The van der Waals surface area contributed by atoms with E-state index < -0.39 is 5.91 Å². The van der Waals surface area contributed by atoms with Gasteiger partial charge in [-0.05, 0) is 54.5 Å². The van der Waals surface area contributed by atoms with Crippen LogP contribution in [-0.4, -0.2) is 31.2 Å². The fraction of sp³-hybridized carbons (Fsp3) is 0.360. The van der Waals surface area contributed by atoms with Crippen molar-refractivity contribution in [3.05, 3.63) is 82.3 Å². The Hall–Kier alpha value is -3.52. The van der Waals surface area contributed by atoms with E-state index in [1.807, 2.05) is 16.7 Å². The zero-order valence-corrected chi connectivity index (χ0v) is 18.9. The van der Waals surface area contributed by atoms with Crippen molar-refractivity contribution >= 4 is 17.2 Å². The first-order valence-corrected chi connectivity index (χ1v) is 11.3. The molecule has 4 aromatic heterocycles. The van der Waals surface area contributed by atoms with Gasteiger partial charge in [0.25, 0.3) is 11.5 Å². The van der Waals surface area contributed by atoms with Gasteiger partial charge in [-0.25, -0.2) is 9.97 Å². The summed E-state index contributed by atoms with van der Waals surface area (Å²) in [5.41, 5.74) is 3.50. The van der Waals surface area contributed by atoms with E-state index in [2.05, 4.69) is 46.7 Å². The molecule has 33 heavy (non-hydrogen) atoms. The predicted octanol–water partition coefficient (Wildman–Crippen LogP) is 2.80. The highest BCUT2D eigenvalue weighted by Crippen LogP contribution is 2.44. The number of hydrogen-bond acceptors (Lipinski definition) is 5. The molecule has 1 fully saturated rings. The highest BCUT2D eigenvalue weighted by atomic mass is 16.2. The van der Waals surface area contributed by atoms with E-state index in [1.54, 1.807) is 24.4 Å². The minimum Gasteiger partial charge on any atom is -0.345 e. The van der Waals surface area contributed by atoms with E-state index in [1.165, 1.54) is 28.9 Å². The number of carbonyl (C=O) groups excluding carboxylic acids is 1. The number of aromatic nitrogens is 4. The Kier molecular flexibility index (Phi) is 5.46. The van der Waals surface area contributed by atoms with Crippen LogP contribution in [-0.2, 0) is 13.1 Å². The average Bonchev–Trinajstić information content (AvgIpc) is 3.18. The molecule has 0 atom stereocenters. The number of fused-ring (bicyclic) bond motifs is 2. The lowest BCUT2D eigenvalue weighted by molar-refractivity contribution is 0.0944. The van der Waals surface area contributed by atoms with Crippen molar-refractivity contribution < 1.29 is 4.79 Å². The van der Waals surface area contributed by atoms with Gasteiger partial charge in [0.1, 0.15) is 17.0 Å². The van der Waals surface area contributed by atoms with Crippen LogP contribution in [0.25, 0.3) is 11.3 Å². The molecule has 0 unspecified atom stereocenters. The van der Waals surface area contributed by atoms with Gasteiger partial charge in [-0.2, -0.15) is 0 Å². The summed E-state index contributed by atoms with van der Waals surface area (Å²) in [6, 6.07) is 10.5. The maximum absolute atomic E-state index is 12.6. The Morgan fingerprint density at radius 2 is 1.94 bits per heavy atom. The van der Waals surface area contributed by atoms with E-state index in [-0.39, 0.29) is 17.8 Å². The summed E-state index contributed by atoms with van der Waals surface area (Å²) in [7, 11) is 0. The molecule has 1 saturated carbocycles. The summed E-state index contributed by atoms with van der Waals surface area (Å²) in [5.74, 6) is 0.375. The van der Waals surface area contributed by atoms with Gasteiger partial charge in [-0.1, -0.05) is 26.0 Å². The summed E-state index contributed by atoms with van der Waals surface area (Å²) >= 11 is 0. The zero-order valence-electron chi connectivity index (χ0n) is 18.9. The number of carbonyl (C=O) groups is 1. The number of amides is 1. The van der Waals surface area contributed by atoms with E-state index in [0.717, 1.165) is 30.3 Å². The first-order chi connectivity index (χ1) is 15.9. The molecule has 1 amide bonds. The second-order valence-electron chi connectivity index (χ2n) is 9.70. The molecule has 4 heterocycles. The molecule has 2 N–H and O–H groups in total. The maximum Gasteiger partial charge on any atom is 0.270 e. The van der Waals surface area contributed by atoms with Gasteiger partial charge < -0.3 is 15.0 Å². The smallest absolute Gasteiger partial charge is 0.270 e. The van der Waals surface area contributed by atoms with Gasteiger partial charge in [0.2, 0.25) is 0 Å². The Balaban J connectivity index is 1.20. The van der Waals surface area contributed by atoms with Crippen LogP contribution < -0.4 is 16.2 Å². The van der Waals surface area contributed by atoms with Crippen LogP contribution in [0.4, 0.5) is 0 Å². The Bertz CT molecular complexity index is 1380. The predicted molar refractivity (Wildman–Crippen MR) is 126 cm³/mol. The molecule has 0 aliphatic heterocycles. The van der Waals surface area contributed by atoms with Crippen LogP contribution in [0.5, 0.6) is 0 Å². The second-order valence-corrected chi connectivity index (χ2v) is 9.70. The van der Waals surface area contributed by atoms with Gasteiger partial charge in [-0.15, -0.1) is 0 Å². The average molecular weight is 445 g/mol. The quantitative estimate of drug-likeness (QED) is 0.457. The van der Waals surface area contributed by atoms with Gasteiger partial charge in [0.05, 0.1) is 12.2 Å². The highest BCUT2D eigenvalue weighted by molar-refractivity contribution is 5.92. The third kappa shape index (κ3) is 4.66. The lowest BCUT2D eigenvalue weighted by Gasteiger charge is -2.42. The first-order valence-electron chi connectivity index (χ1n) is 11.3. The minimum absolute atomic E-state index is 0.0955. The minimum atomic E-state index is -0.403. The van der Waals surface area contributed by atoms with Crippen LogP contribution >= 0.6 is 0 Å². The van der Waals surface area contributed by atoms with Gasteiger partial charge in [-0.3, -0.25) is 14.0 Å². The summed E-state index contributed by atoms with van der Waals surface area (Å²) in [6.45, 7) is 6.78. The van der Waals surface area contributed by atoms with Gasteiger partial charge >= 0.3 is 0 Å². The highest BCUT2D eigenvalue weighted by Gasteiger charge is 2.35. The standard InChI is InChI=1S/C25H28N6O2/c1-25(2)10-18(11-25)13-26-12-17-6-7-21-28-19(16-30(21)15-17)14-27-24(33)20-9-23(32)31-8-4-3-5-22(31)29-20/h3-9,15-16,18,26H,10-14H2,1-2H3,(H,27,33). The summed E-state index contributed by atoms with van der Waals surface area (Å²) < 4.78 is 3.38. The van der Waals surface area contributed by atoms with Crippen molar-refractivity contribution in [1.82, 2.24) is 29.4 Å². The van der Waals surface area contributed by atoms with Crippen LogP contribution in [0.1, 0.15) is 48.4 Å². The summed E-state index contributed by atoms with van der Waals surface area (Å²) in [4.78, 5) is 33.6. The van der Waals surface area contributed by atoms with E-state index in [4.69, 9.17) is 0 Å². The van der Waals surface area contributed by atoms with Crippen LogP contribution in [0.15, 0.2) is 59.8 Å². The van der Waals surface area contributed by atoms with Crippen molar-refractivity contribution in [3.8, 4) is 0 Å². The number of pyridine rings is 2. The third-order valence-electron chi connectivity index (χ3n) is 6.24. The molecule has 0 bridgehead atoms. The van der Waals surface area contributed by atoms with Crippen molar-refractivity contribution in [1.29, 1.82) is 0 Å². The largest absolute Gasteiger partial charge is 0.345 e. The molecular weight excluding hydrogens is 416 g/mol. The summed E-state index contributed by atoms with van der Waals surface area (Å²) in [5, 5.41) is 6.37. The van der Waals surface area contributed by atoms with Gasteiger partial charge in [0.15, 0.2) is 0 Å². The number of hydrogen-bond donors (Lipinski definition) is 2. The molecule has 0 saturated heterocycles. The van der Waals surface area contributed by atoms with Crippen LogP contribution in [0, 0.1) is 11.3 Å². The molecule has 1 aliphatic rings. The fourth-order valence-electron chi connectivity index (χ4n) is 4.78. The Labute approximate surface area is 191 Å². The molecule has 1 aliphatic carbocycles.